The van der Waals surface area contributed by atoms with Gasteiger partial charge in [0.15, 0.2) is 5.82 Å². The molecule has 4 heterocycles. The number of aromatic nitrogens is 6. The normalized spacial score (nSPS) is 18.1. The van der Waals surface area contributed by atoms with Crippen LogP contribution in [0.25, 0.3) is 33.1 Å². The third kappa shape index (κ3) is 6.06. The van der Waals surface area contributed by atoms with Gasteiger partial charge >= 0.3 is 0 Å². The number of anilines is 1. The lowest BCUT2D eigenvalue weighted by Crippen LogP contribution is -2.35. The molecule has 3 N–H and O–H groups in total. The van der Waals surface area contributed by atoms with Crippen molar-refractivity contribution in [3.63, 3.8) is 0 Å². The van der Waals surface area contributed by atoms with Crippen LogP contribution in [0.2, 0.25) is 5.02 Å². The summed E-state index contributed by atoms with van der Waals surface area (Å²) in [5, 5.41) is 11.8. The van der Waals surface area contributed by atoms with E-state index in [1.807, 2.05) is 0 Å². The highest BCUT2D eigenvalue weighted by atomic mass is 35.5. The van der Waals surface area contributed by atoms with E-state index in [2.05, 4.69) is 25.2 Å². The molecule has 11 nitrogen and oxygen atoms in total. The second-order valence-electron chi connectivity index (χ2n) is 13.3. The van der Waals surface area contributed by atoms with Crippen molar-refractivity contribution >= 4 is 55.3 Å². The molecule has 19 heteroatoms. The zero-order valence-corrected chi connectivity index (χ0v) is 29.1. The minimum atomic E-state index is -3.79. The number of aryl methyl sites for hydroxylation is 1. The third-order valence-corrected chi connectivity index (χ3v) is 10.4. The van der Waals surface area contributed by atoms with E-state index in [0.717, 1.165) is 18.4 Å². The number of aromatic amines is 1. The van der Waals surface area contributed by atoms with E-state index >= 15 is 8.78 Å². The van der Waals surface area contributed by atoms with Gasteiger partial charge in [-0.05, 0) is 54.7 Å². The number of carbonyl (C=O) groups is 1. The van der Waals surface area contributed by atoms with Crippen LogP contribution in [-0.4, -0.2) is 50.1 Å². The maximum atomic E-state index is 15.3. The van der Waals surface area contributed by atoms with Crippen molar-refractivity contribution < 1.29 is 39.6 Å². The van der Waals surface area contributed by atoms with Crippen molar-refractivity contribution in [1.29, 1.82) is 0 Å². The molecule has 0 radical (unpaired) electrons. The fourth-order valence-corrected chi connectivity index (χ4v) is 8.19. The van der Waals surface area contributed by atoms with Gasteiger partial charge < -0.3 is 10.3 Å². The summed E-state index contributed by atoms with van der Waals surface area (Å²) in [6.45, 7) is -0.869. The lowest BCUT2D eigenvalue weighted by atomic mass is 9.93. The van der Waals surface area contributed by atoms with Gasteiger partial charge in [-0.1, -0.05) is 17.7 Å². The number of alkyl halides is 4. The summed E-state index contributed by atoms with van der Waals surface area (Å²) >= 11 is 6.57. The summed E-state index contributed by atoms with van der Waals surface area (Å²) in [5.74, 6) is -8.16. The summed E-state index contributed by atoms with van der Waals surface area (Å²) in [4.78, 5) is 21.6. The Kier molecular flexibility index (Phi) is 8.06. The predicted molar refractivity (Wildman–Crippen MR) is 182 cm³/mol. The zero-order chi connectivity index (χ0) is 37.7. The van der Waals surface area contributed by atoms with Gasteiger partial charge in [0.25, 0.3) is 12.3 Å². The molecule has 2 aliphatic rings. The number of hydrogen-bond donors (Lipinski definition) is 3. The molecule has 8 rings (SSSR count). The monoisotopic (exact) mass is 776 g/mol. The molecule has 0 aliphatic heterocycles. The van der Waals surface area contributed by atoms with Crippen molar-refractivity contribution in [2.75, 3.05) is 11.0 Å². The van der Waals surface area contributed by atoms with E-state index in [0.29, 0.717) is 38.4 Å². The highest BCUT2D eigenvalue weighted by Crippen LogP contribution is 2.68. The summed E-state index contributed by atoms with van der Waals surface area (Å²) in [5.41, 5.74) is -0.0160. The fraction of sp³-hybridized carbons (Fsp3) is 0.294. The molecule has 1 amide bonds. The summed E-state index contributed by atoms with van der Waals surface area (Å²) in [6, 6.07) is 8.16. The highest BCUT2D eigenvalue weighted by molar-refractivity contribution is 7.92. The lowest BCUT2D eigenvalue weighted by Gasteiger charge is -2.23. The number of carbonyl (C=O) groups excluding carboxylic acids is 1. The molecule has 0 bridgehead atoms. The summed E-state index contributed by atoms with van der Waals surface area (Å²) < 4.78 is 116. The molecule has 1 saturated carbocycles. The summed E-state index contributed by atoms with van der Waals surface area (Å²) in [7, 11) is -2.24. The molecule has 2 aromatic carbocycles. The van der Waals surface area contributed by atoms with Gasteiger partial charge in [0, 0.05) is 47.3 Å². The van der Waals surface area contributed by atoms with E-state index in [4.69, 9.17) is 16.6 Å². The topological polar surface area (TPSA) is 140 Å². The van der Waals surface area contributed by atoms with Gasteiger partial charge in [-0.3, -0.25) is 18.9 Å². The van der Waals surface area contributed by atoms with Crippen molar-refractivity contribution in [1.82, 2.24) is 34.8 Å². The first-order valence-corrected chi connectivity index (χ1v) is 18.4. The smallest absolute Gasteiger partial charge is 0.293 e. The Hall–Kier alpha value is -5.10. The number of nitrogens with zero attached hydrogens (tertiary/aromatic N) is 5. The molecule has 0 saturated heterocycles. The van der Waals surface area contributed by atoms with Crippen LogP contribution in [0.5, 0.6) is 0 Å². The van der Waals surface area contributed by atoms with Crippen molar-refractivity contribution in [3.05, 3.63) is 93.5 Å². The van der Waals surface area contributed by atoms with Gasteiger partial charge in [-0.25, -0.2) is 31.0 Å². The Morgan fingerprint density at radius 3 is 2.51 bits per heavy atom. The zero-order valence-electron chi connectivity index (χ0n) is 27.6. The number of H-pyrrole nitrogens is 1. The van der Waals surface area contributed by atoms with Crippen LogP contribution < -0.4 is 10.0 Å². The van der Waals surface area contributed by atoms with E-state index in [9.17, 15) is 30.8 Å². The van der Waals surface area contributed by atoms with Gasteiger partial charge in [0.2, 0.25) is 15.9 Å². The SMILES string of the molecule is Cn1nc(NS(C)(=O)=O)c2c(Cl)ccc(-c3cc4cc[nH]c4nc3[C@H](Cc3cc(F)cc(F)c3)NC(=O)Cn3nc(C(F)F)c4c3C(F)(F)[C@@H]3C[C@H]43)c21. The first-order chi connectivity index (χ1) is 25.0. The largest absolute Gasteiger partial charge is 0.346 e. The van der Waals surface area contributed by atoms with Crippen molar-refractivity contribution in [2.24, 2.45) is 13.0 Å². The number of sulfonamides is 1. The minimum Gasteiger partial charge on any atom is -0.346 e. The van der Waals surface area contributed by atoms with Gasteiger partial charge in [-0.15, -0.1) is 0 Å². The van der Waals surface area contributed by atoms with E-state index in [-0.39, 0.29) is 45.9 Å². The Balaban J connectivity index is 1.26. The number of benzene rings is 2. The van der Waals surface area contributed by atoms with Crippen molar-refractivity contribution in [3.8, 4) is 11.1 Å². The molecule has 0 unspecified atom stereocenters. The molecule has 276 valence electrons. The maximum Gasteiger partial charge on any atom is 0.293 e. The van der Waals surface area contributed by atoms with E-state index in [1.165, 1.54) is 10.7 Å². The number of amides is 1. The van der Waals surface area contributed by atoms with Crippen LogP contribution in [0.3, 0.4) is 0 Å². The number of halogens is 7. The molecule has 0 spiro atoms. The Morgan fingerprint density at radius 2 is 1.81 bits per heavy atom. The predicted octanol–water partition coefficient (Wildman–Crippen LogP) is 6.86. The van der Waals surface area contributed by atoms with Crippen LogP contribution in [-0.2, 0) is 40.8 Å². The van der Waals surface area contributed by atoms with Crippen LogP contribution in [0.4, 0.5) is 32.2 Å². The quantitative estimate of drug-likeness (QED) is 0.130. The van der Waals surface area contributed by atoms with Crippen molar-refractivity contribution in [2.45, 2.75) is 43.7 Å². The molecular weight excluding hydrogens is 750 g/mol. The molecule has 1 fully saturated rings. The van der Waals surface area contributed by atoms with Gasteiger partial charge in [-0.2, -0.15) is 19.0 Å². The average molecular weight is 777 g/mol. The number of fused-ring (bicyclic) bond motifs is 5. The molecular formula is C34H27ClF6N8O3S. The number of hydrogen-bond acceptors (Lipinski definition) is 6. The fourth-order valence-electron chi connectivity index (χ4n) is 7.45. The minimum absolute atomic E-state index is 0.0417. The molecule has 53 heavy (non-hydrogen) atoms. The highest BCUT2D eigenvalue weighted by Gasteiger charge is 2.67. The first-order valence-electron chi connectivity index (χ1n) is 16.1. The summed E-state index contributed by atoms with van der Waals surface area (Å²) in [6.07, 6.45) is -0.810. The van der Waals surface area contributed by atoms with Gasteiger partial charge in [0.05, 0.1) is 33.9 Å². The Morgan fingerprint density at radius 1 is 1.08 bits per heavy atom. The lowest BCUT2D eigenvalue weighted by molar-refractivity contribution is -0.123. The average Bonchev–Trinajstić information content (AvgIpc) is 3.28. The molecule has 2 aliphatic carbocycles. The number of rotatable bonds is 10. The first kappa shape index (κ1) is 35.0. The Labute approximate surface area is 301 Å². The standard InChI is InChI=1S/C34H27ClF6N8O3S/c1-48-29-18(3-4-22(35)26(29)33(46-48)47-53(2,51)52)19-10-15-5-6-42-32(15)44-27(19)23(9-14-7-16(36)11-17(37)8-14)43-24(50)13-49-30-25(28(45-49)31(38)39)20-12-21(20)34(30,40)41/h3-8,10-11,20-21,23,31H,9,12-13H2,1-2H3,(H,42,44)(H,43,50)(H,46,47)/t20-,21+,23-/m0/s1. The second-order valence-corrected chi connectivity index (χ2v) is 15.4. The van der Waals surface area contributed by atoms with Gasteiger partial charge in [0.1, 0.15) is 35.2 Å². The van der Waals surface area contributed by atoms with Crippen LogP contribution in [0, 0.1) is 17.6 Å². The maximum absolute atomic E-state index is 15.3. The van der Waals surface area contributed by atoms with Crippen LogP contribution >= 0.6 is 11.6 Å². The second kappa shape index (κ2) is 12.2. The van der Waals surface area contributed by atoms with E-state index in [1.54, 1.807) is 31.4 Å². The molecule has 3 atom stereocenters. The molecule has 4 aromatic heterocycles. The Bertz CT molecular complexity index is 2590. The molecule has 6 aromatic rings. The number of nitrogens with one attached hydrogen (secondary N) is 3. The van der Waals surface area contributed by atoms with Crippen LogP contribution in [0.1, 0.15) is 53.0 Å². The van der Waals surface area contributed by atoms with E-state index < -0.39 is 75.7 Å². The van der Waals surface area contributed by atoms with Crippen LogP contribution in [0.15, 0.2) is 48.7 Å². The number of pyridine rings is 1. The third-order valence-electron chi connectivity index (χ3n) is 9.56.